The molecule has 2 aromatic heterocycles. The highest BCUT2D eigenvalue weighted by Gasteiger charge is 2.37. The van der Waals surface area contributed by atoms with E-state index in [0.29, 0.717) is 5.95 Å². The van der Waals surface area contributed by atoms with E-state index in [1.807, 2.05) is 24.9 Å². The number of aromatic nitrogens is 4. The van der Waals surface area contributed by atoms with E-state index in [0.717, 1.165) is 36.5 Å². The van der Waals surface area contributed by atoms with Crippen molar-refractivity contribution in [2.45, 2.75) is 45.7 Å². The lowest BCUT2D eigenvalue weighted by atomic mass is 10.0. The third-order valence-corrected chi connectivity index (χ3v) is 5.58. The third-order valence-electron chi connectivity index (χ3n) is 5.58. The Morgan fingerprint density at radius 3 is 2.63 bits per heavy atom. The summed E-state index contributed by atoms with van der Waals surface area (Å²) in [5, 5.41) is 3.22. The van der Waals surface area contributed by atoms with Crippen molar-refractivity contribution in [2.75, 3.05) is 11.9 Å². The molecule has 1 amide bonds. The second-order valence-electron chi connectivity index (χ2n) is 8.17. The van der Waals surface area contributed by atoms with Gasteiger partial charge in [-0.1, -0.05) is 43.7 Å². The lowest BCUT2D eigenvalue weighted by Crippen LogP contribution is -2.45. The van der Waals surface area contributed by atoms with Crippen molar-refractivity contribution in [2.24, 2.45) is 5.92 Å². The fraction of sp³-hybridized carbons (Fsp3) is 0.391. The van der Waals surface area contributed by atoms with Gasteiger partial charge in [0.1, 0.15) is 11.9 Å². The molecular formula is C23H28N6O. The fourth-order valence-corrected chi connectivity index (χ4v) is 3.90. The van der Waals surface area contributed by atoms with E-state index in [1.165, 1.54) is 5.56 Å². The van der Waals surface area contributed by atoms with Crippen LogP contribution in [0.25, 0.3) is 11.3 Å². The molecule has 0 saturated carbocycles. The number of aryl methyl sites for hydroxylation is 1. The molecule has 0 bridgehead atoms. The number of hydrogen-bond acceptors (Lipinski definition) is 5. The number of aromatic amines is 1. The molecular weight excluding hydrogens is 376 g/mol. The van der Waals surface area contributed by atoms with Gasteiger partial charge in [-0.25, -0.2) is 15.0 Å². The van der Waals surface area contributed by atoms with E-state index in [4.69, 9.17) is 4.98 Å². The number of likely N-dealkylation sites (tertiary alicyclic amines) is 1. The number of H-pyrrole nitrogens is 1. The van der Waals surface area contributed by atoms with Gasteiger partial charge >= 0.3 is 0 Å². The number of amides is 1. The van der Waals surface area contributed by atoms with Crippen molar-refractivity contribution in [3.63, 3.8) is 0 Å². The van der Waals surface area contributed by atoms with Crippen LogP contribution in [0.3, 0.4) is 0 Å². The van der Waals surface area contributed by atoms with Crippen LogP contribution in [0.4, 0.5) is 5.95 Å². The van der Waals surface area contributed by atoms with E-state index in [9.17, 15) is 4.79 Å². The molecule has 30 heavy (non-hydrogen) atoms. The number of imidazole rings is 1. The monoisotopic (exact) mass is 404 g/mol. The zero-order chi connectivity index (χ0) is 21.1. The van der Waals surface area contributed by atoms with Crippen molar-refractivity contribution in [3.8, 4) is 11.3 Å². The molecule has 3 aromatic rings. The molecule has 0 aliphatic carbocycles. The van der Waals surface area contributed by atoms with Gasteiger partial charge in [0.15, 0.2) is 0 Å². The van der Waals surface area contributed by atoms with E-state index in [-0.39, 0.29) is 23.9 Å². The van der Waals surface area contributed by atoms with E-state index in [1.54, 1.807) is 18.5 Å². The first-order valence-electron chi connectivity index (χ1n) is 10.5. The Labute approximate surface area is 177 Å². The molecule has 156 valence electrons. The molecule has 0 spiro atoms. The summed E-state index contributed by atoms with van der Waals surface area (Å²) in [7, 11) is 0. The van der Waals surface area contributed by atoms with Crippen LogP contribution >= 0.6 is 0 Å². The fourth-order valence-electron chi connectivity index (χ4n) is 3.90. The third kappa shape index (κ3) is 4.20. The van der Waals surface area contributed by atoms with Gasteiger partial charge in [-0.2, -0.15) is 0 Å². The van der Waals surface area contributed by atoms with Crippen LogP contribution in [0.15, 0.2) is 48.9 Å². The summed E-state index contributed by atoms with van der Waals surface area (Å²) < 4.78 is 0. The maximum atomic E-state index is 13.5. The van der Waals surface area contributed by atoms with Crippen molar-refractivity contribution in [1.29, 1.82) is 0 Å². The molecule has 0 unspecified atom stereocenters. The van der Waals surface area contributed by atoms with Crippen LogP contribution in [0.2, 0.25) is 0 Å². The van der Waals surface area contributed by atoms with Gasteiger partial charge in [0.25, 0.3) is 0 Å². The zero-order valence-corrected chi connectivity index (χ0v) is 17.7. The van der Waals surface area contributed by atoms with Crippen molar-refractivity contribution in [3.05, 3.63) is 60.3 Å². The molecule has 4 rings (SSSR count). The minimum absolute atomic E-state index is 0.0450. The highest BCUT2D eigenvalue weighted by Crippen LogP contribution is 2.33. The molecule has 2 N–H and O–H groups in total. The van der Waals surface area contributed by atoms with E-state index in [2.05, 4.69) is 51.5 Å². The Bertz CT molecular complexity index is 982. The molecule has 1 aliphatic rings. The maximum Gasteiger partial charge on any atom is 0.246 e. The van der Waals surface area contributed by atoms with Gasteiger partial charge < -0.3 is 15.2 Å². The smallest absolute Gasteiger partial charge is 0.246 e. The molecule has 2 atom stereocenters. The summed E-state index contributed by atoms with van der Waals surface area (Å²) in [5.74, 6) is 1.48. The number of hydrogen-bond donors (Lipinski definition) is 2. The van der Waals surface area contributed by atoms with E-state index < -0.39 is 0 Å². The number of carbonyl (C=O) groups is 1. The Morgan fingerprint density at radius 2 is 1.93 bits per heavy atom. The summed E-state index contributed by atoms with van der Waals surface area (Å²) in [4.78, 5) is 32.0. The molecule has 1 aromatic carbocycles. The molecule has 1 fully saturated rings. The SMILES string of the molecule is Cc1ccc(-c2c[nH]c([C@@H]3CCCN3C(=O)[C@@H](Nc3ncccn3)C(C)C)n2)cc1. The van der Waals surface area contributed by atoms with Gasteiger partial charge in [-0.3, -0.25) is 4.79 Å². The Balaban J connectivity index is 1.53. The average molecular weight is 405 g/mol. The normalized spacial score (nSPS) is 17.3. The van der Waals surface area contributed by atoms with Crippen molar-refractivity contribution in [1.82, 2.24) is 24.8 Å². The second-order valence-corrected chi connectivity index (χ2v) is 8.17. The minimum Gasteiger partial charge on any atom is -0.346 e. The number of benzene rings is 1. The number of anilines is 1. The maximum absolute atomic E-state index is 13.5. The van der Waals surface area contributed by atoms with Crippen LogP contribution in [0.1, 0.15) is 44.1 Å². The number of carbonyl (C=O) groups excluding carboxylic acids is 1. The Hall–Kier alpha value is -3.22. The molecule has 3 heterocycles. The van der Waals surface area contributed by atoms with E-state index >= 15 is 0 Å². The van der Waals surface area contributed by atoms with Crippen LogP contribution in [-0.2, 0) is 4.79 Å². The van der Waals surface area contributed by atoms with Gasteiger partial charge in [0.2, 0.25) is 11.9 Å². The standard InChI is InChI=1S/C23H28N6O/c1-15(2)20(28-23-24-11-5-12-25-23)22(30)29-13-4-6-19(29)21-26-14-18(27-21)17-9-7-16(3)8-10-17/h5,7-12,14-15,19-20H,4,6,13H2,1-3H3,(H,26,27)(H,24,25,28)/t19-,20-/m0/s1. The van der Waals surface area contributed by atoms with Crippen molar-refractivity contribution < 1.29 is 4.79 Å². The highest BCUT2D eigenvalue weighted by molar-refractivity contribution is 5.85. The van der Waals surface area contributed by atoms with Gasteiger partial charge in [0, 0.05) is 30.7 Å². The number of rotatable bonds is 6. The average Bonchev–Trinajstić information content (AvgIpc) is 3.42. The summed E-state index contributed by atoms with van der Waals surface area (Å²) >= 11 is 0. The van der Waals surface area contributed by atoms with Crippen LogP contribution in [0, 0.1) is 12.8 Å². The largest absolute Gasteiger partial charge is 0.346 e. The molecule has 1 aliphatic heterocycles. The zero-order valence-electron chi connectivity index (χ0n) is 17.7. The topological polar surface area (TPSA) is 86.8 Å². The first-order valence-corrected chi connectivity index (χ1v) is 10.5. The molecule has 1 saturated heterocycles. The van der Waals surface area contributed by atoms with Crippen molar-refractivity contribution >= 4 is 11.9 Å². The highest BCUT2D eigenvalue weighted by atomic mass is 16.2. The second kappa shape index (κ2) is 8.65. The predicted molar refractivity (Wildman–Crippen MR) is 117 cm³/mol. The first-order chi connectivity index (χ1) is 14.5. The predicted octanol–water partition coefficient (Wildman–Crippen LogP) is 3.98. The Kier molecular flexibility index (Phi) is 5.79. The van der Waals surface area contributed by atoms with Crippen LogP contribution < -0.4 is 5.32 Å². The first kappa shape index (κ1) is 20.1. The molecule has 0 radical (unpaired) electrons. The Morgan fingerprint density at radius 1 is 1.20 bits per heavy atom. The summed E-state index contributed by atoms with van der Waals surface area (Å²) in [5.41, 5.74) is 3.19. The minimum atomic E-state index is -0.389. The van der Waals surface area contributed by atoms with Gasteiger partial charge in [0.05, 0.1) is 11.7 Å². The van der Waals surface area contributed by atoms with Gasteiger partial charge in [-0.05, 0) is 31.7 Å². The summed E-state index contributed by atoms with van der Waals surface area (Å²) in [6.07, 6.45) is 7.14. The number of nitrogens with one attached hydrogen (secondary N) is 2. The van der Waals surface area contributed by atoms with Gasteiger partial charge in [-0.15, -0.1) is 0 Å². The van der Waals surface area contributed by atoms with Crippen LogP contribution in [-0.4, -0.2) is 43.3 Å². The lowest BCUT2D eigenvalue weighted by molar-refractivity contribution is -0.134. The quantitative estimate of drug-likeness (QED) is 0.649. The molecule has 7 heteroatoms. The number of nitrogens with zero attached hydrogens (tertiary/aromatic N) is 4. The lowest BCUT2D eigenvalue weighted by Gasteiger charge is -2.30. The van der Waals surface area contributed by atoms with Crippen LogP contribution in [0.5, 0.6) is 0 Å². The summed E-state index contributed by atoms with van der Waals surface area (Å²) in [6.45, 7) is 6.87. The summed E-state index contributed by atoms with van der Waals surface area (Å²) in [6, 6.07) is 9.64. The molecule has 7 nitrogen and oxygen atoms in total.